The number of rotatable bonds is 4. The Hall–Kier alpha value is -1.49. The first-order chi connectivity index (χ1) is 11.8. The van der Waals surface area contributed by atoms with E-state index in [9.17, 15) is 4.79 Å². The van der Waals surface area contributed by atoms with E-state index in [0.717, 1.165) is 57.1 Å². The van der Waals surface area contributed by atoms with Gasteiger partial charge < -0.3 is 10.2 Å². The molecule has 1 saturated heterocycles. The van der Waals surface area contributed by atoms with Crippen molar-refractivity contribution in [1.82, 2.24) is 20.2 Å². The molecule has 0 radical (unpaired) electrons. The fourth-order valence-electron chi connectivity index (χ4n) is 4.52. The summed E-state index contributed by atoms with van der Waals surface area (Å²) in [6.45, 7) is 2.72. The zero-order valence-electron chi connectivity index (χ0n) is 14.5. The van der Waals surface area contributed by atoms with Crippen LogP contribution in [-0.4, -0.2) is 33.9 Å². The van der Waals surface area contributed by atoms with Crippen molar-refractivity contribution in [2.24, 2.45) is 5.92 Å². The largest absolute Gasteiger partial charge is 0.332 e. The van der Waals surface area contributed by atoms with Gasteiger partial charge >= 0.3 is 0 Å². The van der Waals surface area contributed by atoms with Gasteiger partial charge in [-0.25, -0.2) is 9.97 Å². The summed E-state index contributed by atoms with van der Waals surface area (Å²) < 4.78 is 0. The average Bonchev–Trinajstić information content (AvgIpc) is 3.31. The second-order valence-electron chi connectivity index (χ2n) is 7.56. The number of aromatic nitrogens is 2. The van der Waals surface area contributed by atoms with Gasteiger partial charge in [0.2, 0.25) is 5.91 Å². The van der Waals surface area contributed by atoms with Crippen molar-refractivity contribution in [2.45, 2.75) is 70.4 Å². The maximum atomic E-state index is 12.7. The minimum Gasteiger partial charge on any atom is -0.332 e. The molecule has 2 aliphatic heterocycles. The first-order valence-electron chi connectivity index (χ1n) is 9.66. The van der Waals surface area contributed by atoms with Crippen LogP contribution in [0.2, 0.25) is 0 Å². The zero-order valence-corrected chi connectivity index (χ0v) is 14.5. The first-order valence-corrected chi connectivity index (χ1v) is 9.66. The lowest BCUT2D eigenvalue weighted by Crippen LogP contribution is -2.32. The summed E-state index contributed by atoms with van der Waals surface area (Å²) in [6, 6.07) is 0.0984. The predicted molar refractivity (Wildman–Crippen MR) is 92.3 cm³/mol. The molecule has 2 fully saturated rings. The summed E-state index contributed by atoms with van der Waals surface area (Å²) in [6.07, 6.45) is 12.1. The van der Waals surface area contributed by atoms with Gasteiger partial charge in [0.25, 0.3) is 0 Å². The molecule has 5 heteroatoms. The standard InChI is InChI=1S/C19H28N4O/c24-18(8-7-14-4-1-2-5-14)23-11-3-6-17(23)19-21-13-15-12-20-10-9-16(15)22-19/h13-14,17,20H,1-12H2/t17-/m1/s1. The molecule has 1 aromatic rings. The molecule has 0 spiro atoms. The minimum atomic E-state index is 0.0984. The second-order valence-corrected chi connectivity index (χ2v) is 7.56. The van der Waals surface area contributed by atoms with Gasteiger partial charge in [-0.15, -0.1) is 0 Å². The SMILES string of the molecule is O=C(CCC1CCCC1)N1CCC[C@@H]1c1ncc2c(n1)CCNC2. The molecule has 1 aromatic heterocycles. The molecule has 1 atom stereocenters. The molecule has 5 nitrogen and oxygen atoms in total. The quantitative estimate of drug-likeness (QED) is 0.923. The van der Waals surface area contributed by atoms with Crippen molar-refractivity contribution in [2.75, 3.05) is 13.1 Å². The maximum absolute atomic E-state index is 12.7. The minimum absolute atomic E-state index is 0.0984. The molecule has 24 heavy (non-hydrogen) atoms. The molecule has 1 N–H and O–H groups in total. The Kier molecular flexibility index (Phi) is 4.79. The highest BCUT2D eigenvalue weighted by atomic mass is 16.2. The van der Waals surface area contributed by atoms with E-state index in [4.69, 9.17) is 4.98 Å². The molecular weight excluding hydrogens is 300 g/mol. The van der Waals surface area contributed by atoms with Gasteiger partial charge in [0.1, 0.15) is 0 Å². The van der Waals surface area contributed by atoms with Crippen molar-refractivity contribution in [3.8, 4) is 0 Å². The lowest BCUT2D eigenvalue weighted by atomic mass is 10.0. The van der Waals surface area contributed by atoms with Crippen LogP contribution in [0.15, 0.2) is 6.20 Å². The van der Waals surface area contributed by atoms with E-state index in [1.54, 1.807) is 0 Å². The molecule has 0 aromatic carbocycles. The summed E-state index contributed by atoms with van der Waals surface area (Å²) in [4.78, 5) is 24.2. The smallest absolute Gasteiger partial charge is 0.223 e. The van der Waals surface area contributed by atoms with Crippen molar-refractivity contribution in [3.63, 3.8) is 0 Å². The topological polar surface area (TPSA) is 58.1 Å². The number of carbonyl (C=O) groups excluding carboxylic acids is 1. The normalized spacial score (nSPS) is 24.3. The number of amides is 1. The van der Waals surface area contributed by atoms with Crippen molar-refractivity contribution < 1.29 is 4.79 Å². The monoisotopic (exact) mass is 328 g/mol. The number of fused-ring (bicyclic) bond motifs is 1. The Morgan fingerprint density at radius 3 is 3.00 bits per heavy atom. The van der Waals surface area contributed by atoms with Gasteiger partial charge in [-0.05, 0) is 25.2 Å². The van der Waals surface area contributed by atoms with Gasteiger partial charge in [0.05, 0.1) is 6.04 Å². The van der Waals surface area contributed by atoms with Crippen LogP contribution in [0.3, 0.4) is 0 Å². The Morgan fingerprint density at radius 1 is 1.25 bits per heavy atom. The van der Waals surface area contributed by atoms with Gasteiger partial charge in [0, 0.05) is 49.9 Å². The van der Waals surface area contributed by atoms with Crippen LogP contribution in [0.5, 0.6) is 0 Å². The van der Waals surface area contributed by atoms with Crippen LogP contribution in [-0.2, 0) is 17.8 Å². The lowest BCUT2D eigenvalue weighted by Gasteiger charge is -2.25. The van der Waals surface area contributed by atoms with E-state index in [1.807, 2.05) is 6.20 Å². The highest BCUT2D eigenvalue weighted by molar-refractivity contribution is 5.76. The number of carbonyl (C=O) groups is 1. The number of nitrogens with zero attached hydrogens (tertiary/aromatic N) is 3. The molecule has 130 valence electrons. The third kappa shape index (κ3) is 3.32. The van der Waals surface area contributed by atoms with E-state index >= 15 is 0 Å². The molecule has 1 amide bonds. The molecule has 3 heterocycles. The Bertz CT molecular complexity index is 597. The number of hydrogen-bond acceptors (Lipinski definition) is 4. The molecule has 3 aliphatic rings. The van der Waals surface area contributed by atoms with Crippen molar-refractivity contribution in [3.05, 3.63) is 23.3 Å². The number of nitrogens with one attached hydrogen (secondary N) is 1. The van der Waals surface area contributed by atoms with Crippen LogP contribution < -0.4 is 5.32 Å². The molecule has 1 saturated carbocycles. The summed E-state index contributed by atoms with van der Waals surface area (Å²) in [5.74, 6) is 1.96. The lowest BCUT2D eigenvalue weighted by molar-refractivity contribution is -0.132. The first kappa shape index (κ1) is 16.0. The molecule has 0 bridgehead atoms. The van der Waals surface area contributed by atoms with Crippen LogP contribution in [0.1, 0.15) is 74.5 Å². The van der Waals surface area contributed by atoms with Crippen LogP contribution in [0, 0.1) is 5.92 Å². The fraction of sp³-hybridized carbons (Fsp3) is 0.737. The Labute approximate surface area is 144 Å². The van der Waals surface area contributed by atoms with Gasteiger partial charge in [-0.2, -0.15) is 0 Å². The van der Waals surface area contributed by atoms with E-state index in [-0.39, 0.29) is 6.04 Å². The number of hydrogen-bond donors (Lipinski definition) is 1. The highest BCUT2D eigenvalue weighted by Crippen LogP contribution is 2.33. The third-order valence-electron chi connectivity index (χ3n) is 5.94. The number of likely N-dealkylation sites (tertiary alicyclic amines) is 1. The summed E-state index contributed by atoms with van der Waals surface area (Å²) in [7, 11) is 0. The van der Waals surface area contributed by atoms with E-state index in [1.165, 1.54) is 36.9 Å². The fourth-order valence-corrected chi connectivity index (χ4v) is 4.52. The van der Waals surface area contributed by atoms with Crippen LogP contribution >= 0.6 is 0 Å². The summed E-state index contributed by atoms with van der Waals surface area (Å²) in [5.41, 5.74) is 2.38. The van der Waals surface area contributed by atoms with Crippen LogP contribution in [0.25, 0.3) is 0 Å². The van der Waals surface area contributed by atoms with Crippen molar-refractivity contribution in [1.29, 1.82) is 0 Å². The average molecular weight is 328 g/mol. The second kappa shape index (κ2) is 7.18. The molecular formula is C19H28N4O. The van der Waals surface area contributed by atoms with Gasteiger partial charge in [-0.3, -0.25) is 4.79 Å². The van der Waals surface area contributed by atoms with E-state index < -0.39 is 0 Å². The third-order valence-corrected chi connectivity index (χ3v) is 5.94. The van der Waals surface area contributed by atoms with E-state index in [0.29, 0.717) is 12.3 Å². The molecule has 4 rings (SSSR count). The zero-order chi connectivity index (χ0) is 16.4. The van der Waals surface area contributed by atoms with Gasteiger partial charge in [-0.1, -0.05) is 25.7 Å². The highest BCUT2D eigenvalue weighted by Gasteiger charge is 2.32. The van der Waals surface area contributed by atoms with Gasteiger partial charge in [0.15, 0.2) is 5.82 Å². The maximum Gasteiger partial charge on any atom is 0.223 e. The molecule has 1 aliphatic carbocycles. The van der Waals surface area contributed by atoms with E-state index in [2.05, 4.69) is 15.2 Å². The Morgan fingerprint density at radius 2 is 2.12 bits per heavy atom. The predicted octanol–water partition coefficient (Wildman–Crippen LogP) is 2.76. The summed E-state index contributed by atoms with van der Waals surface area (Å²) in [5, 5.41) is 3.36. The van der Waals surface area contributed by atoms with Crippen molar-refractivity contribution >= 4 is 5.91 Å². The Balaban J connectivity index is 1.43. The molecule has 0 unspecified atom stereocenters. The van der Waals surface area contributed by atoms with Crippen LogP contribution in [0.4, 0.5) is 0 Å². The summed E-state index contributed by atoms with van der Waals surface area (Å²) >= 11 is 0.